The zero-order valence-corrected chi connectivity index (χ0v) is 16.5. The van der Waals surface area contributed by atoms with Crippen LogP contribution in [-0.2, 0) is 23.1 Å². The Labute approximate surface area is 165 Å². The Morgan fingerprint density at radius 1 is 1.07 bits per heavy atom. The fourth-order valence-electron chi connectivity index (χ4n) is 2.28. The molecule has 28 heavy (non-hydrogen) atoms. The molecule has 0 atom stereocenters. The summed E-state index contributed by atoms with van der Waals surface area (Å²) in [6.45, 7) is 2.25. The molecule has 146 valence electrons. The van der Waals surface area contributed by atoms with Crippen LogP contribution in [0.3, 0.4) is 0 Å². The summed E-state index contributed by atoms with van der Waals surface area (Å²) in [4.78, 5) is 21.2. The van der Waals surface area contributed by atoms with E-state index in [9.17, 15) is 17.6 Å². The maximum Gasteiger partial charge on any atom is 0.270 e. The highest BCUT2D eigenvalue weighted by Gasteiger charge is 2.14. The Balaban J connectivity index is 1.56. The van der Waals surface area contributed by atoms with Crippen LogP contribution in [-0.4, -0.2) is 24.3 Å². The number of nitrogens with zero attached hydrogens (tertiary/aromatic N) is 2. The van der Waals surface area contributed by atoms with E-state index in [0.29, 0.717) is 12.1 Å². The van der Waals surface area contributed by atoms with Gasteiger partial charge in [0.05, 0.1) is 16.4 Å². The smallest absolute Gasteiger partial charge is 0.270 e. The number of rotatable bonds is 7. The number of halogens is 1. The summed E-state index contributed by atoms with van der Waals surface area (Å²) in [5.41, 5.74) is 0.812. The molecule has 0 fully saturated rings. The topological polar surface area (TPSA) is 101 Å². The summed E-state index contributed by atoms with van der Waals surface area (Å²) in [6, 6.07) is 7.68. The van der Waals surface area contributed by atoms with Gasteiger partial charge in [-0.25, -0.2) is 22.5 Å². The van der Waals surface area contributed by atoms with Gasteiger partial charge < -0.3 is 5.32 Å². The summed E-state index contributed by atoms with van der Waals surface area (Å²) in [7, 11) is -3.77. The average molecular weight is 420 g/mol. The number of aryl methyl sites for hydroxylation is 1. The Hall–Kier alpha value is -2.69. The molecule has 0 spiro atoms. The maximum absolute atomic E-state index is 12.9. The molecule has 7 nitrogen and oxygen atoms in total. The van der Waals surface area contributed by atoms with Crippen molar-refractivity contribution in [2.75, 3.05) is 0 Å². The lowest BCUT2D eigenvalue weighted by atomic mass is 10.2. The Morgan fingerprint density at radius 3 is 2.43 bits per heavy atom. The quantitative estimate of drug-likeness (QED) is 0.611. The highest BCUT2D eigenvalue weighted by atomic mass is 32.2. The number of aromatic nitrogens is 2. The summed E-state index contributed by atoms with van der Waals surface area (Å²) in [6.07, 6.45) is 3.14. The van der Waals surface area contributed by atoms with Crippen LogP contribution in [0.2, 0.25) is 0 Å². The number of sulfonamides is 1. The lowest BCUT2D eigenvalue weighted by Gasteiger charge is -2.07. The average Bonchev–Trinajstić information content (AvgIpc) is 3.10. The van der Waals surface area contributed by atoms with Gasteiger partial charge in [-0.15, -0.1) is 11.3 Å². The lowest BCUT2D eigenvalue weighted by molar-refractivity contribution is 0.0946. The highest BCUT2D eigenvalue weighted by Crippen LogP contribution is 2.12. The number of benzene rings is 1. The van der Waals surface area contributed by atoms with Crippen LogP contribution in [0, 0.1) is 12.7 Å². The van der Waals surface area contributed by atoms with Gasteiger partial charge in [0, 0.05) is 23.8 Å². The van der Waals surface area contributed by atoms with Crippen molar-refractivity contribution >= 4 is 27.3 Å². The van der Waals surface area contributed by atoms with Gasteiger partial charge >= 0.3 is 0 Å². The fourth-order valence-corrected chi connectivity index (χ4v) is 4.04. The molecular formula is C18H17FN4O3S2. The van der Waals surface area contributed by atoms with E-state index < -0.39 is 15.8 Å². The first-order valence-electron chi connectivity index (χ1n) is 8.23. The summed E-state index contributed by atoms with van der Waals surface area (Å²) in [5, 5.41) is 3.68. The van der Waals surface area contributed by atoms with E-state index in [1.807, 2.05) is 6.92 Å². The van der Waals surface area contributed by atoms with E-state index >= 15 is 0 Å². The third-order valence-corrected chi connectivity index (χ3v) is 6.07. The van der Waals surface area contributed by atoms with Gasteiger partial charge in [0.2, 0.25) is 10.0 Å². The number of hydrogen-bond acceptors (Lipinski definition) is 6. The molecule has 0 radical (unpaired) electrons. The maximum atomic E-state index is 12.9. The first-order chi connectivity index (χ1) is 13.3. The Bertz CT molecular complexity index is 1060. The second-order valence-electron chi connectivity index (χ2n) is 5.86. The Morgan fingerprint density at radius 2 is 1.82 bits per heavy atom. The number of nitrogens with one attached hydrogen (secondary N) is 2. The molecule has 0 bridgehead atoms. The second-order valence-corrected chi connectivity index (χ2v) is 8.94. The number of amides is 1. The van der Waals surface area contributed by atoms with Crippen molar-refractivity contribution in [3.8, 4) is 0 Å². The van der Waals surface area contributed by atoms with Gasteiger partial charge in [0.25, 0.3) is 5.91 Å². The van der Waals surface area contributed by atoms with Gasteiger partial charge in [-0.3, -0.25) is 9.78 Å². The molecule has 10 heteroatoms. The van der Waals surface area contributed by atoms with Crippen molar-refractivity contribution in [1.29, 1.82) is 0 Å². The largest absolute Gasteiger partial charge is 0.346 e. The van der Waals surface area contributed by atoms with Crippen LogP contribution in [0.25, 0.3) is 0 Å². The minimum Gasteiger partial charge on any atom is -0.346 e. The SMILES string of the molecule is Cc1ncc(CNC(=O)c2ccc(CNS(=O)(=O)c3ccc(F)cc3)cn2)s1. The van der Waals surface area contributed by atoms with Gasteiger partial charge in [-0.2, -0.15) is 0 Å². The third-order valence-electron chi connectivity index (χ3n) is 3.74. The molecule has 1 amide bonds. The molecule has 2 N–H and O–H groups in total. The van der Waals surface area contributed by atoms with Crippen LogP contribution in [0.1, 0.15) is 25.9 Å². The molecule has 0 aliphatic carbocycles. The van der Waals surface area contributed by atoms with Gasteiger partial charge in [-0.05, 0) is 42.8 Å². The van der Waals surface area contributed by atoms with Gasteiger partial charge in [0.15, 0.2) is 0 Å². The molecule has 2 heterocycles. The molecule has 0 aliphatic heterocycles. The predicted molar refractivity (Wildman–Crippen MR) is 103 cm³/mol. The van der Waals surface area contributed by atoms with E-state index in [0.717, 1.165) is 22.0 Å². The molecule has 2 aromatic heterocycles. The fraction of sp³-hybridized carbons (Fsp3) is 0.167. The van der Waals surface area contributed by atoms with Crippen LogP contribution in [0.4, 0.5) is 4.39 Å². The van der Waals surface area contributed by atoms with E-state index in [-0.39, 0.29) is 23.0 Å². The van der Waals surface area contributed by atoms with E-state index in [4.69, 9.17) is 0 Å². The molecule has 3 rings (SSSR count). The molecule has 0 saturated carbocycles. The highest BCUT2D eigenvalue weighted by molar-refractivity contribution is 7.89. The number of carbonyl (C=O) groups is 1. The summed E-state index contributed by atoms with van der Waals surface area (Å²) >= 11 is 1.50. The van der Waals surface area contributed by atoms with Gasteiger partial charge in [0.1, 0.15) is 11.5 Å². The number of hydrogen-bond donors (Lipinski definition) is 2. The van der Waals surface area contributed by atoms with E-state index in [1.54, 1.807) is 12.3 Å². The minimum atomic E-state index is -3.77. The number of thiazole rings is 1. The van der Waals surface area contributed by atoms with Gasteiger partial charge in [-0.1, -0.05) is 6.07 Å². The minimum absolute atomic E-state index is 0.00521. The second kappa shape index (κ2) is 8.55. The van der Waals surface area contributed by atoms with E-state index in [1.165, 1.54) is 35.7 Å². The van der Waals surface area contributed by atoms with Crippen molar-refractivity contribution in [3.63, 3.8) is 0 Å². The zero-order valence-electron chi connectivity index (χ0n) is 14.8. The molecule has 0 aliphatic rings. The normalized spacial score (nSPS) is 11.4. The zero-order chi connectivity index (χ0) is 20.1. The number of carbonyl (C=O) groups excluding carboxylic acids is 1. The molecule has 3 aromatic rings. The lowest BCUT2D eigenvalue weighted by Crippen LogP contribution is -2.24. The summed E-state index contributed by atoms with van der Waals surface area (Å²) in [5.74, 6) is -0.841. The van der Waals surface area contributed by atoms with Crippen molar-refractivity contribution in [1.82, 2.24) is 20.0 Å². The standard InChI is InChI=1S/C18H17FN4O3S2/c1-12-20-10-15(27-12)11-22-18(24)17-7-2-13(8-21-17)9-23-28(25,26)16-5-3-14(19)4-6-16/h2-8,10,23H,9,11H2,1H3,(H,22,24). The monoisotopic (exact) mass is 420 g/mol. The van der Waals surface area contributed by atoms with Crippen LogP contribution >= 0.6 is 11.3 Å². The summed E-state index contributed by atoms with van der Waals surface area (Å²) < 4.78 is 39.7. The molecule has 0 unspecified atom stereocenters. The van der Waals surface area contributed by atoms with Crippen molar-refractivity contribution in [3.05, 3.63) is 75.8 Å². The first kappa shape index (κ1) is 20.1. The molecule has 0 saturated heterocycles. The molecule has 1 aromatic carbocycles. The first-order valence-corrected chi connectivity index (χ1v) is 10.5. The molecular weight excluding hydrogens is 403 g/mol. The Kier molecular flexibility index (Phi) is 6.12. The van der Waals surface area contributed by atoms with Crippen molar-refractivity contribution in [2.24, 2.45) is 0 Å². The van der Waals surface area contributed by atoms with E-state index in [2.05, 4.69) is 20.0 Å². The number of pyridine rings is 1. The predicted octanol–water partition coefficient (Wildman–Crippen LogP) is 2.39. The van der Waals surface area contributed by atoms with Crippen molar-refractivity contribution in [2.45, 2.75) is 24.9 Å². The van der Waals surface area contributed by atoms with Crippen LogP contribution in [0.15, 0.2) is 53.7 Å². The van der Waals surface area contributed by atoms with Crippen LogP contribution in [0.5, 0.6) is 0 Å². The third kappa shape index (κ3) is 5.18. The van der Waals surface area contributed by atoms with Crippen LogP contribution < -0.4 is 10.0 Å². The van der Waals surface area contributed by atoms with Crippen molar-refractivity contribution < 1.29 is 17.6 Å².